The molecule has 0 radical (unpaired) electrons. The van der Waals surface area contributed by atoms with Gasteiger partial charge in [-0.1, -0.05) is 20.8 Å². The number of rotatable bonds is 5. The number of carbonyl (C=O) groups is 1. The van der Waals surface area contributed by atoms with E-state index in [2.05, 4.69) is 36.0 Å². The molecule has 2 aromatic heterocycles. The number of piperazine rings is 1. The Labute approximate surface area is 184 Å². The topological polar surface area (TPSA) is 68.7 Å². The highest BCUT2D eigenvalue weighted by molar-refractivity contribution is 7.17. The van der Waals surface area contributed by atoms with Crippen LogP contribution < -0.4 is 10.2 Å². The standard InChI is InChI=1S/C21H29F3N4O2S/c1-20(2,3)10-13(29)11-27-5-7-28(8-6-27)16-9-15(21(22,23)24)18-17(26-16)14(12-31-18)19(30)25-4/h9,12-13,29H,5-8,10-11H2,1-4H3,(H,25,30). The van der Waals surface area contributed by atoms with Gasteiger partial charge >= 0.3 is 6.18 Å². The number of pyridine rings is 1. The third-order valence-electron chi connectivity index (χ3n) is 5.30. The van der Waals surface area contributed by atoms with Gasteiger partial charge in [-0.25, -0.2) is 4.98 Å². The number of nitrogens with one attached hydrogen (secondary N) is 1. The molecular formula is C21H29F3N4O2S. The van der Waals surface area contributed by atoms with Crippen LogP contribution in [0.2, 0.25) is 0 Å². The van der Waals surface area contributed by atoms with Crippen LogP contribution in [0.3, 0.4) is 0 Å². The molecule has 2 aromatic rings. The highest BCUT2D eigenvalue weighted by Crippen LogP contribution is 2.40. The number of alkyl halides is 3. The molecule has 0 bridgehead atoms. The van der Waals surface area contributed by atoms with Gasteiger partial charge in [-0.05, 0) is 17.9 Å². The summed E-state index contributed by atoms with van der Waals surface area (Å²) in [6, 6.07) is 1.08. The van der Waals surface area contributed by atoms with Gasteiger partial charge in [0.1, 0.15) is 5.82 Å². The van der Waals surface area contributed by atoms with E-state index in [1.165, 1.54) is 12.4 Å². The van der Waals surface area contributed by atoms with E-state index in [-0.39, 0.29) is 27.0 Å². The molecule has 1 amide bonds. The maximum Gasteiger partial charge on any atom is 0.417 e. The summed E-state index contributed by atoms with van der Waals surface area (Å²) in [5.74, 6) is -0.236. The van der Waals surface area contributed by atoms with Crippen LogP contribution in [0.1, 0.15) is 43.1 Å². The molecule has 1 fully saturated rings. The largest absolute Gasteiger partial charge is 0.417 e. The fourth-order valence-corrected chi connectivity index (χ4v) is 4.92. The molecule has 3 heterocycles. The second-order valence-electron chi connectivity index (χ2n) is 9.14. The average Bonchev–Trinajstić information content (AvgIpc) is 3.08. The Balaban J connectivity index is 1.81. The molecule has 1 atom stereocenters. The van der Waals surface area contributed by atoms with E-state index in [1.54, 1.807) is 0 Å². The first-order valence-electron chi connectivity index (χ1n) is 10.3. The van der Waals surface area contributed by atoms with Crippen LogP contribution in [0.4, 0.5) is 19.0 Å². The lowest BCUT2D eigenvalue weighted by Gasteiger charge is -2.37. The molecule has 3 rings (SSSR count). The van der Waals surface area contributed by atoms with E-state index in [0.717, 1.165) is 17.4 Å². The fraction of sp³-hybridized carbons (Fsp3) is 0.619. The summed E-state index contributed by atoms with van der Waals surface area (Å²) in [7, 11) is 1.44. The first-order chi connectivity index (χ1) is 14.4. The summed E-state index contributed by atoms with van der Waals surface area (Å²) in [4.78, 5) is 20.5. The number of hydrogen-bond acceptors (Lipinski definition) is 6. The molecule has 0 aromatic carbocycles. The predicted octanol–water partition coefficient (Wildman–Crippen LogP) is 3.59. The van der Waals surface area contributed by atoms with Crippen LogP contribution in [0, 0.1) is 5.41 Å². The van der Waals surface area contributed by atoms with E-state index >= 15 is 0 Å². The summed E-state index contributed by atoms with van der Waals surface area (Å²) in [6.45, 7) is 9.00. The number of amides is 1. The summed E-state index contributed by atoms with van der Waals surface area (Å²) in [6.07, 6.45) is -4.31. The van der Waals surface area contributed by atoms with Crippen molar-refractivity contribution in [3.8, 4) is 0 Å². The quantitative estimate of drug-likeness (QED) is 0.717. The molecule has 10 heteroatoms. The lowest BCUT2D eigenvalue weighted by molar-refractivity contribution is -0.136. The van der Waals surface area contributed by atoms with Crippen LogP contribution in [0.5, 0.6) is 0 Å². The van der Waals surface area contributed by atoms with E-state index < -0.39 is 23.8 Å². The minimum atomic E-state index is -4.54. The van der Waals surface area contributed by atoms with Crippen LogP contribution in [-0.4, -0.2) is 66.8 Å². The number of anilines is 1. The second kappa shape index (κ2) is 8.91. The lowest BCUT2D eigenvalue weighted by Crippen LogP contribution is -2.49. The number of thiophene rings is 1. The Kier molecular flexibility index (Phi) is 6.83. The summed E-state index contributed by atoms with van der Waals surface area (Å²) < 4.78 is 41.1. The third-order valence-corrected chi connectivity index (χ3v) is 6.30. The van der Waals surface area contributed by atoms with Crippen LogP contribution in [0.25, 0.3) is 10.2 Å². The van der Waals surface area contributed by atoms with Crippen molar-refractivity contribution in [3.63, 3.8) is 0 Å². The molecule has 172 valence electrons. The molecule has 1 aliphatic heterocycles. The van der Waals surface area contributed by atoms with Gasteiger partial charge in [0.25, 0.3) is 5.91 Å². The number of aromatic nitrogens is 1. The third kappa shape index (κ3) is 5.67. The van der Waals surface area contributed by atoms with Gasteiger partial charge in [0, 0.05) is 45.2 Å². The molecule has 1 unspecified atom stereocenters. The minimum absolute atomic E-state index is 0.0254. The van der Waals surface area contributed by atoms with Crippen molar-refractivity contribution in [3.05, 3.63) is 22.6 Å². The SMILES string of the molecule is CNC(=O)c1csc2c(C(F)(F)F)cc(N3CCN(CC(O)CC(C)(C)C)CC3)nc12. The number of nitrogens with zero attached hydrogens (tertiary/aromatic N) is 3. The first kappa shape index (κ1) is 23.7. The number of halogens is 3. The molecule has 31 heavy (non-hydrogen) atoms. The van der Waals surface area contributed by atoms with Crippen molar-refractivity contribution < 1.29 is 23.1 Å². The smallest absolute Gasteiger partial charge is 0.392 e. The Morgan fingerprint density at radius 3 is 2.45 bits per heavy atom. The van der Waals surface area contributed by atoms with Gasteiger partial charge in [0.05, 0.1) is 27.4 Å². The van der Waals surface area contributed by atoms with Crippen molar-refractivity contribution in [2.24, 2.45) is 5.41 Å². The maximum absolute atomic E-state index is 13.7. The lowest BCUT2D eigenvalue weighted by atomic mass is 9.89. The van der Waals surface area contributed by atoms with E-state index in [1.807, 2.05) is 4.90 Å². The Morgan fingerprint density at radius 2 is 1.90 bits per heavy atom. The Hall–Kier alpha value is -1.91. The minimum Gasteiger partial charge on any atom is -0.392 e. The van der Waals surface area contributed by atoms with E-state index in [9.17, 15) is 23.1 Å². The number of hydrogen-bond donors (Lipinski definition) is 2. The van der Waals surface area contributed by atoms with Gasteiger partial charge in [-0.2, -0.15) is 13.2 Å². The number of aliphatic hydroxyl groups excluding tert-OH is 1. The molecule has 6 nitrogen and oxygen atoms in total. The zero-order chi connectivity index (χ0) is 23.0. The molecule has 0 aliphatic carbocycles. The Morgan fingerprint density at radius 1 is 1.26 bits per heavy atom. The van der Waals surface area contributed by atoms with Gasteiger partial charge in [-0.3, -0.25) is 9.69 Å². The first-order valence-corrected chi connectivity index (χ1v) is 11.1. The zero-order valence-corrected chi connectivity index (χ0v) is 19.0. The maximum atomic E-state index is 13.7. The van der Waals surface area contributed by atoms with Crippen molar-refractivity contribution in [1.82, 2.24) is 15.2 Å². The normalized spacial score (nSPS) is 17.2. The molecule has 0 spiro atoms. The number of β-amino-alcohol motifs (C(OH)–C–C–N with tert-alkyl or cyclic N) is 1. The van der Waals surface area contributed by atoms with Gasteiger partial charge in [0.15, 0.2) is 0 Å². The molecule has 0 saturated carbocycles. The molecule has 1 aliphatic rings. The monoisotopic (exact) mass is 458 g/mol. The van der Waals surface area contributed by atoms with Crippen LogP contribution in [-0.2, 0) is 6.18 Å². The average molecular weight is 459 g/mol. The number of fused-ring (bicyclic) bond motifs is 1. The zero-order valence-electron chi connectivity index (χ0n) is 18.2. The summed E-state index contributed by atoms with van der Waals surface area (Å²) >= 11 is 0.880. The fourth-order valence-electron chi connectivity index (χ4n) is 3.89. The van der Waals surface area contributed by atoms with Crippen LogP contribution in [0.15, 0.2) is 11.4 Å². The highest BCUT2D eigenvalue weighted by Gasteiger charge is 2.36. The van der Waals surface area contributed by atoms with Crippen molar-refractivity contribution >= 4 is 33.3 Å². The Bertz CT molecular complexity index is 931. The number of carbonyl (C=O) groups excluding carboxylic acids is 1. The van der Waals surface area contributed by atoms with Crippen molar-refractivity contribution in [2.45, 2.75) is 39.5 Å². The van der Waals surface area contributed by atoms with E-state index in [0.29, 0.717) is 39.1 Å². The molecular weight excluding hydrogens is 429 g/mol. The second-order valence-corrected chi connectivity index (χ2v) is 10.0. The molecule has 1 saturated heterocycles. The summed E-state index contributed by atoms with van der Waals surface area (Å²) in [5.41, 5.74) is -0.510. The van der Waals surface area contributed by atoms with Crippen molar-refractivity contribution in [1.29, 1.82) is 0 Å². The van der Waals surface area contributed by atoms with E-state index in [4.69, 9.17) is 0 Å². The van der Waals surface area contributed by atoms with Gasteiger partial charge in [0.2, 0.25) is 0 Å². The van der Waals surface area contributed by atoms with Gasteiger partial charge in [-0.15, -0.1) is 11.3 Å². The molecule has 2 N–H and O–H groups in total. The predicted molar refractivity (Wildman–Crippen MR) is 117 cm³/mol. The van der Waals surface area contributed by atoms with Crippen LogP contribution >= 0.6 is 11.3 Å². The summed E-state index contributed by atoms with van der Waals surface area (Å²) in [5, 5.41) is 14.2. The number of aliphatic hydroxyl groups is 1. The highest BCUT2D eigenvalue weighted by atomic mass is 32.1. The van der Waals surface area contributed by atoms with Crippen molar-refractivity contribution in [2.75, 3.05) is 44.7 Å². The van der Waals surface area contributed by atoms with Gasteiger partial charge < -0.3 is 15.3 Å².